The van der Waals surface area contributed by atoms with E-state index in [1.54, 1.807) is 0 Å². The maximum Gasteiger partial charge on any atom is 0.136 e. The van der Waals surface area contributed by atoms with E-state index in [1.165, 1.54) is 0 Å². The maximum absolute atomic E-state index is 11.2. The molecule has 1 unspecified atom stereocenters. The molecule has 1 fully saturated rings. The molecule has 0 aromatic heterocycles. The summed E-state index contributed by atoms with van der Waals surface area (Å²) in [5, 5.41) is 0. The van der Waals surface area contributed by atoms with Crippen molar-refractivity contribution in [3.8, 4) is 12.3 Å². The molecule has 0 bridgehead atoms. The zero-order chi connectivity index (χ0) is 8.97. The predicted molar refractivity (Wildman–Crippen MR) is 49.6 cm³/mol. The van der Waals surface area contributed by atoms with Gasteiger partial charge in [-0.05, 0) is 31.8 Å². The number of ketones is 1. The van der Waals surface area contributed by atoms with Crippen molar-refractivity contribution in [3.63, 3.8) is 0 Å². The topological polar surface area (TPSA) is 17.1 Å². The van der Waals surface area contributed by atoms with Crippen molar-refractivity contribution in [1.29, 1.82) is 0 Å². The first-order valence-corrected chi connectivity index (χ1v) is 4.40. The Kier molecular flexibility index (Phi) is 3.10. The molecule has 1 atom stereocenters. The molecule has 0 amide bonds. The summed E-state index contributed by atoms with van der Waals surface area (Å²) in [5.41, 5.74) is 0.940. The third-order valence-electron chi connectivity index (χ3n) is 2.37. The number of hydrogen-bond donors (Lipinski definition) is 0. The Bertz CT molecular complexity index is 242. The van der Waals surface area contributed by atoms with Crippen molar-refractivity contribution < 1.29 is 4.79 Å². The van der Waals surface area contributed by atoms with Crippen LogP contribution in [0.4, 0.5) is 0 Å². The number of carbonyl (C=O) groups is 1. The summed E-state index contributed by atoms with van der Waals surface area (Å²) in [4.78, 5) is 11.2. The molecule has 0 radical (unpaired) electrons. The Balaban J connectivity index is 2.42. The number of hydrogen-bond acceptors (Lipinski definition) is 1. The molecular formula is C11H14O. The number of terminal acetylenes is 1. The highest BCUT2D eigenvalue weighted by atomic mass is 16.1. The summed E-state index contributed by atoms with van der Waals surface area (Å²) in [6.07, 6.45) is 10.9. The molecule has 1 aliphatic rings. The van der Waals surface area contributed by atoms with Gasteiger partial charge >= 0.3 is 0 Å². The van der Waals surface area contributed by atoms with Crippen LogP contribution in [-0.2, 0) is 4.79 Å². The zero-order valence-corrected chi connectivity index (χ0v) is 7.47. The van der Waals surface area contributed by atoms with Crippen LogP contribution in [0.3, 0.4) is 0 Å². The van der Waals surface area contributed by atoms with Gasteiger partial charge in [-0.3, -0.25) is 4.79 Å². The Hall–Kier alpha value is -1.03. The largest absolute Gasteiger partial charge is 0.299 e. The highest BCUT2D eigenvalue weighted by molar-refractivity contribution is 5.82. The van der Waals surface area contributed by atoms with E-state index in [0.29, 0.717) is 5.78 Å². The van der Waals surface area contributed by atoms with Crippen LogP contribution in [0, 0.1) is 18.3 Å². The van der Waals surface area contributed by atoms with E-state index in [4.69, 9.17) is 6.42 Å². The van der Waals surface area contributed by atoms with Crippen LogP contribution >= 0.6 is 0 Å². The third-order valence-corrected chi connectivity index (χ3v) is 2.37. The van der Waals surface area contributed by atoms with Crippen LogP contribution < -0.4 is 0 Å². The van der Waals surface area contributed by atoms with Crippen molar-refractivity contribution >= 4 is 5.78 Å². The fourth-order valence-electron chi connectivity index (χ4n) is 1.52. The van der Waals surface area contributed by atoms with Gasteiger partial charge in [0.1, 0.15) is 5.78 Å². The summed E-state index contributed by atoms with van der Waals surface area (Å²) in [6, 6.07) is 0. The van der Waals surface area contributed by atoms with E-state index in [1.807, 2.05) is 13.0 Å². The van der Waals surface area contributed by atoms with Gasteiger partial charge in [0.15, 0.2) is 0 Å². The average Bonchev–Trinajstić information content (AvgIpc) is 2.47. The highest BCUT2D eigenvalue weighted by Gasteiger charge is 2.22. The number of Topliss-reactive ketones (excluding diaryl/α,β-unsaturated/α-hetero) is 1. The van der Waals surface area contributed by atoms with E-state index in [9.17, 15) is 4.79 Å². The first kappa shape index (κ1) is 9.06. The van der Waals surface area contributed by atoms with E-state index in [2.05, 4.69) is 5.92 Å². The third kappa shape index (κ3) is 2.23. The lowest BCUT2D eigenvalue weighted by molar-refractivity contribution is -0.120. The standard InChI is InChI=1S/C11H14O/c1-3-9(2)7-8-10-5-4-6-11(10)12/h1,7,10H,4-6,8H2,2H3/b9-7-. The van der Waals surface area contributed by atoms with Crippen molar-refractivity contribution in [1.82, 2.24) is 0 Å². The van der Waals surface area contributed by atoms with Gasteiger partial charge in [-0.1, -0.05) is 12.0 Å². The molecule has 0 aromatic rings. The molecule has 64 valence electrons. The molecule has 0 saturated heterocycles. The molecule has 0 aromatic carbocycles. The van der Waals surface area contributed by atoms with Gasteiger partial charge in [-0.2, -0.15) is 0 Å². The Morgan fingerprint density at radius 2 is 2.58 bits per heavy atom. The average molecular weight is 162 g/mol. The molecule has 12 heavy (non-hydrogen) atoms. The number of carbonyl (C=O) groups excluding carboxylic acids is 1. The molecule has 1 nitrogen and oxygen atoms in total. The van der Waals surface area contributed by atoms with Crippen LogP contribution in [0.25, 0.3) is 0 Å². The van der Waals surface area contributed by atoms with Crippen molar-refractivity contribution in [2.24, 2.45) is 5.92 Å². The van der Waals surface area contributed by atoms with Crippen LogP contribution in [0.15, 0.2) is 11.6 Å². The minimum absolute atomic E-state index is 0.258. The second kappa shape index (κ2) is 4.11. The predicted octanol–water partition coefficient (Wildman–Crippen LogP) is 2.33. The minimum Gasteiger partial charge on any atom is -0.299 e. The second-order valence-corrected chi connectivity index (χ2v) is 3.32. The lowest BCUT2D eigenvalue weighted by atomic mass is 10.0. The summed E-state index contributed by atoms with van der Waals surface area (Å²) in [5.74, 6) is 3.22. The molecule has 1 heteroatoms. The Labute approximate surface area is 73.9 Å². The van der Waals surface area contributed by atoms with Crippen molar-refractivity contribution in [2.45, 2.75) is 32.6 Å². The van der Waals surface area contributed by atoms with Gasteiger partial charge in [0.2, 0.25) is 0 Å². The molecule has 0 heterocycles. The van der Waals surface area contributed by atoms with Gasteiger partial charge in [0.05, 0.1) is 0 Å². The van der Waals surface area contributed by atoms with Crippen molar-refractivity contribution in [3.05, 3.63) is 11.6 Å². The van der Waals surface area contributed by atoms with E-state index in [0.717, 1.165) is 31.3 Å². The summed E-state index contributed by atoms with van der Waals surface area (Å²) in [6.45, 7) is 1.90. The van der Waals surface area contributed by atoms with E-state index >= 15 is 0 Å². The Morgan fingerprint density at radius 1 is 1.83 bits per heavy atom. The monoisotopic (exact) mass is 162 g/mol. The number of rotatable bonds is 2. The van der Waals surface area contributed by atoms with Gasteiger partial charge in [0, 0.05) is 12.3 Å². The van der Waals surface area contributed by atoms with Crippen LogP contribution in [0.1, 0.15) is 32.6 Å². The first-order chi connectivity index (χ1) is 5.74. The van der Waals surface area contributed by atoms with Crippen molar-refractivity contribution in [2.75, 3.05) is 0 Å². The second-order valence-electron chi connectivity index (χ2n) is 3.32. The van der Waals surface area contributed by atoms with Gasteiger partial charge in [-0.15, -0.1) is 6.42 Å². The zero-order valence-electron chi connectivity index (χ0n) is 7.47. The smallest absolute Gasteiger partial charge is 0.136 e. The van der Waals surface area contributed by atoms with E-state index in [-0.39, 0.29) is 5.92 Å². The van der Waals surface area contributed by atoms with Crippen LogP contribution in [0.2, 0.25) is 0 Å². The van der Waals surface area contributed by atoms with Gasteiger partial charge in [0.25, 0.3) is 0 Å². The van der Waals surface area contributed by atoms with E-state index < -0.39 is 0 Å². The van der Waals surface area contributed by atoms with Gasteiger partial charge in [-0.25, -0.2) is 0 Å². The highest BCUT2D eigenvalue weighted by Crippen LogP contribution is 2.24. The lowest BCUT2D eigenvalue weighted by Gasteiger charge is -2.02. The summed E-state index contributed by atoms with van der Waals surface area (Å²) in [7, 11) is 0. The fraction of sp³-hybridized carbons (Fsp3) is 0.545. The first-order valence-electron chi connectivity index (χ1n) is 4.40. The molecule has 1 aliphatic carbocycles. The molecular weight excluding hydrogens is 148 g/mol. The Morgan fingerprint density at radius 3 is 3.08 bits per heavy atom. The minimum atomic E-state index is 0.258. The SMILES string of the molecule is C#C/C(C)=C\CC1CCCC1=O. The normalized spacial score (nSPS) is 24.2. The summed E-state index contributed by atoms with van der Waals surface area (Å²) < 4.78 is 0. The summed E-state index contributed by atoms with van der Waals surface area (Å²) >= 11 is 0. The molecule has 1 rings (SSSR count). The molecule has 1 saturated carbocycles. The number of allylic oxidation sites excluding steroid dienone is 2. The fourth-order valence-corrected chi connectivity index (χ4v) is 1.52. The molecule has 0 spiro atoms. The maximum atomic E-state index is 11.2. The van der Waals surface area contributed by atoms with Gasteiger partial charge < -0.3 is 0 Å². The lowest BCUT2D eigenvalue weighted by Crippen LogP contribution is -2.04. The molecule has 0 aliphatic heterocycles. The molecule has 0 N–H and O–H groups in total. The van der Waals surface area contributed by atoms with Crippen LogP contribution in [-0.4, -0.2) is 5.78 Å². The van der Waals surface area contributed by atoms with Crippen LogP contribution in [0.5, 0.6) is 0 Å². The quantitative estimate of drug-likeness (QED) is 0.569.